The zero-order chi connectivity index (χ0) is 14.9. The molecule has 1 fully saturated rings. The highest BCUT2D eigenvalue weighted by Crippen LogP contribution is 2.16. The first-order valence-electron chi connectivity index (χ1n) is 7.62. The average molecular weight is 392 g/mol. The van der Waals surface area contributed by atoms with Gasteiger partial charge < -0.3 is 15.4 Å². The summed E-state index contributed by atoms with van der Waals surface area (Å²) in [6.45, 7) is 2.49. The summed E-state index contributed by atoms with van der Waals surface area (Å²) >= 11 is 3.39. The SMILES string of the molecule is Cl.O=C(CCCCOc1ccc(Br)cc1)NCC1CCCN1. The van der Waals surface area contributed by atoms with Gasteiger partial charge in [-0.1, -0.05) is 15.9 Å². The second-order valence-corrected chi connectivity index (χ2v) is 6.27. The summed E-state index contributed by atoms with van der Waals surface area (Å²) in [5.74, 6) is 1.02. The largest absolute Gasteiger partial charge is 0.494 e. The van der Waals surface area contributed by atoms with Crippen LogP contribution in [0.1, 0.15) is 32.1 Å². The van der Waals surface area contributed by atoms with E-state index in [4.69, 9.17) is 4.74 Å². The van der Waals surface area contributed by atoms with E-state index in [9.17, 15) is 4.79 Å². The lowest BCUT2D eigenvalue weighted by molar-refractivity contribution is -0.121. The number of unbranched alkanes of at least 4 members (excludes halogenated alkanes) is 1. The molecule has 2 rings (SSSR count). The maximum atomic E-state index is 11.7. The van der Waals surface area contributed by atoms with Crippen molar-refractivity contribution in [1.82, 2.24) is 10.6 Å². The summed E-state index contributed by atoms with van der Waals surface area (Å²) in [5, 5.41) is 6.36. The van der Waals surface area contributed by atoms with Crippen LogP contribution >= 0.6 is 28.3 Å². The standard InChI is InChI=1S/C16H23BrN2O2.ClH/c17-13-6-8-15(9-7-13)21-11-2-1-5-16(20)19-12-14-4-3-10-18-14;/h6-9,14,18H,1-5,10-12H2,(H,19,20);1H. The van der Waals surface area contributed by atoms with Crippen molar-refractivity contribution in [2.45, 2.75) is 38.1 Å². The van der Waals surface area contributed by atoms with E-state index in [0.717, 1.165) is 36.2 Å². The Kier molecular flexibility index (Phi) is 9.52. The van der Waals surface area contributed by atoms with Crippen LogP contribution in [0.25, 0.3) is 0 Å². The van der Waals surface area contributed by atoms with Crippen LogP contribution in [-0.2, 0) is 4.79 Å². The van der Waals surface area contributed by atoms with Gasteiger partial charge in [-0.2, -0.15) is 0 Å². The van der Waals surface area contributed by atoms with Gasteiger partial charge in [-0.3, -0.25) is 4.79 Å². The number of halogens is 2. The van der Waals surface area contributed by atoms with Gasteiger partial charge in [0.15, 0.2) is 0 Å². The molecule has 1 unspecified atom stereocenters. The van der Waals surface area contributed by atoms with Crippen molar-refractivity contribution < 1.29 is 9.53 Å². The van der Waals surface area contributed by atoms with Gasteiger partial charge in [-0.25, -0.2) is 0 Å². The third kappa shape index (κ3) is 7.47. The Bertz CT molecular complexity index is 436. The van der Waals surface area contributed by atoms with Crippen molar-refractivity contribution >= 4 is 34.2 Å². The fraction of sp³-hybridized carbons (Fsp3) is 0.562. The van der Waals surface area contributed by atoms with Gasteiger partial charge in [-0.05, 0) is 56.5 Å². The van der Waals surface area contributed by atoms with Crippen molar-refractivity contribution in [3.05, 3.63) is 28.7 Å². The van der Waals surface area contributed by atoms with E-state index in [1.54, 1.807) is 0 Å². The Morgan fingerprint density at radius 3 is 2.77 bits per heavy atom. The molecule has 1 heterocycles. The van der Waals surface area contributed by atoms with Crippen molar-refractivity contribution in [1.29, 1.82) is 0 Å². The molecule has 0 aromatic heterocycles. The van der Waals surface area contributed by atoms with Gasteiger partial charge in [0.25, 0.3) is 0 Å². The molecule has 1 saturated heterocycles. The summed E-state index contributed by atoms with van der Waals surface area (Å²) in [7, 11) is 0. The summed E-state index contributed by atoms with van der Waals surface area (Å²) in [4.78, 5) is 11.7. The molecule has 1 aliphatic rings. The highest BCUT2D eigenvalue weighted by Gasteiger charge is 2.14. The molecule has 0 aliphatic carbocycles. The second-order valence-electron chi connectivity index (χ2n) is 5.36. The van der Waals surface area contributed by atoms with Crippen molar-refractivity contribution in [3.8, 4) is 5.75 Å². The van der Waals surface area contributed by atoms with Crippen LogP contribution in [0.4, 0.5) is 0 Å². The number of rotatable bonds is 8. The van der Waals surface area contributed by atoms with Crippen molar-refractivity contribution in [2.75, 3.05) is 19.7 Å². The number of hydrogen-bond donors (Lipinski definition) is 2. The first-order chi connectivity index (χ1) is 10.2. The Morgan fingerprint density at radius 1 is 1.32 bits per heavy atom. The maximum absolute atomic E-state index is 11.7. The lowest BCUT2D eigenvalue weighted by Crippen LogP contribution is -2.37. The number of ether oxygens (including phenoxy) is 1. The van der Waals surface area contributed by atoms with Crippen LogP contribution in [0.5, 0.6) is 5.75 Å². The number of hydrogen-bond acceptors (Lipinski definition) is 3. The van der Waals surface area contributed by atoms with Crippen LogP contribution in [0.2, 0.25) is 0 Å². The molecule has 0 spiro atoms. The molecule has 0 radical (unpaired) electrons. The smallest absolute Gasteiger partial charge is 0.220 e. The fourth-order valence-electron chi connectivity index (χ4n) is 2.36. The van der Waals surface area contributed by atoms with E-state index < -0.39 is 0 Å². The van der Waals surface area contributed by atoms with E-state index in [2.05, 4.69) is 26.6 Å². The lowest BCUT2D eigenvalue weighted by Gasteiger charge is -2.11. The van der Waals surface area contributed by atoms with Crippen LogP contribution in [-0.4, -0.2) is 31.6 Å². The molecule has 1 amide bonds. The summed E-state index contributed by atoms with van der Waals surface area (Å²) in [6, 6.07) is 8.26. The monoisotopic (exact) mass is 390 g/mol. The minimum atomic E-state index is 0. The summed E-state index contributed by atoms with van der Waals surface area (Å²) < 4.78 is 6.67. The van der Waals surface area contributed by atoms with E-state index in [1.807, 2.05) is 24.3 Å². The third-order valence-electron chi connectivity index (χ3n) is 3.59. The van der Waals surface area contributed by atoms with E-state index >= 15 is 0 Å². The second kappa shape index (κ2) is 10.9. The summed E-state index contributed by atoms with van der Waals surface area (Å²) in [6.07, 6.45) is 4.72. The normalized spacial score (nSPS) is 16.9. The van der Waals surface area contributed by atoms with E-state index in [1.165, 1.54) is 12.8 Å². The molecular weight excluding hydrogens is 368 g/mol. The molecule has 1 atom stereocenters. The molecule has 1 aliphatic heterocycles. The molecule has 0 saturated carbocycles. The van der Waals surface area contributed by atoms with Crippen LogP contribution in [0.15, 0.2) is 28.7 Å². The van der Waals surface area contributed by atoms with Crippen LogP contribution < -0.4 is 15.4 Å². The Morgan fingerprint density at radius 2 is 2.09 bits per heavy atom. The molecule has 22 heavy (non-hydrogen) atoms. The minimum absolute atomic E-state index is 0. The van der Waals surface area contributed by atoms with Crippen LogP contribution in [0, 0.1) is 0 Å². The Labute approximate surface area is 146 Å². The number of nitrogens with one attached hydrogen (secondary N) is 2. The Hall–Kier alpha value is -0.780. The highest BCUT2D eigenvalue weighted by molar-refractivity contribution is 9.10. The van der Waals surface area contributed by atoms with E-state index in [0.29, 0.717) is 19.1 Å². The molecule has 124 valence electrons. The van der Waals surface area contributed by atoms with E-state index in [-0.39, 0.29) is 18.3 Å². The zero-order valence-corrected chi connectivity index (χ0v) is 15.0. The molecule has 4 nitrogen and oxygen atoms in total. The number of amides is 1. The molecule has 1 aromatic rings. The van der Waals surface area contributed by atoms with Gasteiger partial charge in [0.2, 0.25) is 5.91 Å². The molecule has 6 heteroatoms. The number of benzene rings is 1. The molecule has 0 bridgehead atoms. The van der Waals surface area contributed by atoms with Gasteiger partial charge in [0.1, 0.15) is 5.75 Å². The predicted molar refractivity (Wildman–Crippen MR) is 94.8 cm³/mol. The molecule has 1 aromatic carbocycles. The first-order valence-corrected chi connectivity index (χ1v) is 8.42. The summed E-state index contributed by atoms with van der Waals surface area (Å²) in [5.41, 5.74) is 0. The van der Waals surface area contributed by atoms with Crippen LogP contribution in [0.3, 0.4) is 0 Å². The quantitative estimate of drug-likeness (QED) is 0.669. The zero-order valence-electron chi connectivity index (χ0n) is 12.6. The lowest BCUT2D eigenvalue weighted by atomic mass is 10.2. The van der Waals surface area contributed by atoms with Gasteiger partial charge in [0.05, 0.1) is 6.61 Å². The topological polar surface area (TPSA) is 50.4 Å². The fourth-order valence-corrected chi connectivity index (χ4v) is 2.63. The number of carbonyl (C=O) groups excluding carboxylic acids is 1. The first kappa shape index (κ1) is 19.3. The highest BCUT2D eigenvalue weighted by atomic mass is 79.9. The maximum Gasteiger partial charge on any atom is 0.220 e. The number of carbonyl (C=O) groups is 1. The average Bonchev–Trinajstić information content (AvgIpc) is 3.00. The molecule has 2 N–H and O–H groups in total. The predicted octanol–water partition coefficient (Wildman–Crippen LogP) is 3.29. The minimum Gasteiger partial charge on any atom is -0.494 e. The Balaban J connectivity index is 0.00000242. The third-order valence-corrected chi connectivity index (χ3v) is 4.12. The van der Waals surface area contributed by atoms with Crippen molar-refractivity contribution in [2.24, 2.45) is 0 Å². The van der Waals surface area contributed by atoms with Gasteiger partial charge in [0, 0.05) is 23.5 Å². The van der Waals surface area contributed by atoms with Gasteiger partial charge >= 0.3 is 0 Å². The van der Waals surface area contributed by atoms with Crippen molar-refractivity contribution in [3.63, 3.8) is 0 Å². The van der Waals surface area contributed by atoms with Gasteiger partial charge in [-0.15, -0.1) is 12.4 Å². The molecular formula is C16H24BrClN2O2.